The van der Waals surface area contributed by atoms with Crippen molar-refractivity contribution >= 4 is 5.91 Å². The van der Waals surface area contributed by atoms with Crippen LogP contribution in [0.3, 0.4) is 0 Å². The van der Waals surface area contributed by atoms with Crippen LogP contribution in [0, 0.1) is 6.92 Å². The van der Waals surface area contributed by atoms with Crippen molar-refractivity contribution in [2.45, 2.75) is 39.3 Å². The molecule has 0 saturated carbocycles. The van der Waals surface area contributed by atoms with Gasteiger partial charge >= 0.3 is 5.69 Å². The van der Waals surface area contributed by atoms with Crippen LogP contribution in [0.15, 0.2) is 15.8 Å². The Morgan fingerprint density at radius 1 is 1.48 bits per heavy atom. The molecule has 0 bridgehead atoms. The molecule has 7 heteroatoms. The highest BCUT2D eigenvalue weighted by Gasteiger charge is 2.23. The first-order chi connectivity index (χ1) is 10.0. The molecule has 1 aromatic heterocycles. The topological polar surface area (TPSA) is 87.2 Å². The maximum atomic E-state index is 11.9. The molecule has 1 unspecified atom stereocenters. The minimum atomic E-state index is -0.559. The number of carbonyl (C=O) groups is 1. The fourth-order valence-corrected chi connectivity index (χ4v) is 2.72. The van der Waals surface area contributed by atoms with E-state index < -0.39 is 11.2 Å². The number of aromatic nitrogens is 2. The first kappa shape index (κ1) is 15.5. The zero-order valence-electron chi connectivity index (χ0n) is 12.5. The van der Waals surface area contributed by atoms with Crippen LogP contribution in [0.2, 0.25) is 0 Å². The van der Waals surface area contributed by atoms with E-state index in [-0.39, 0.29) is 12.5 Å². The van der Waals surface area contributed by atoms with Crippen LogP contribution < -0.4 is 16.6 Å². The molecule has 1 amide bonds. The molecule has 1 saturated heterocycles. The number of likely N-dealkylation sites (N-methyl/N-ethyl adjacent to an activating group) is 1. The standard InChI is InChI=1S/C14H22N4O3/c1-3-17-6-4-5-11(17)7-15-12(19)9-18-8-10(2)13(20)16-14(18)21/h8,11H,3-7,9H2,1-2H3,(H,15,19)(H,16,20,21). The molecule has 116 valence electrons. The number of aromatic amines is 1. The van der Waals surface area contributed by atoms with E-state index in [4.69, 9.17) is 0 Å². The normalized spacial score (nSPS) is 18.9. The van der Waals surface area contributed by atoms with Crippen molar-refractivity contribution in [3.63, 3.8) is 0 Å². The number of carbonyl (C=O) groups excluding carboxylic acids is 1. The SMILES string of the molecule is CCN1CCCC1CNC(=O)Cn1cc(C)c(=O)[nH]c1=O. The summed E-state index contributed by atoms with van der Waals surface area (Å²) in [5, 5.41) is 2.87. The first-order valence-electron chi connectivity index (χ1n) is 7.32. The average molecular weight is 294 g/mol. The summed E-state index contributed by atoms with van der Waals surface area (Å²) in [6, 6.07) is 0.382. The summed E-state index contributed by atoms with van der Waals surface area (Å²) in [4.78, 5) is 39.3. The molecule has 0 spiro atoms. The van der Waals surface area contributed by atoms with Crippen LogP contribution in [-0.4, -0.2) is 46.0 Å². The lowest BCUT2D eigenvalue weighted by Crippen LogP contribution is -2.42. The van der Waals surface area contributed by atoms with E-state index >= 15 is 0 Å². The monoisotopic (exact) mass is 294 g/mol. The van der Waals surface area contributed by atoms with E-state index in [9.17, 15) is 14.4 Å². The van der Waals surface area contributed by atoms with Gasteiger partial charge in [-0.25, -0.2) is 4.79 Å². The van der Waals surface area contributed by atoms with E-state index in [0.29, 0.717) is 18.2 Å². The Labute approximate surface area is 123 Å². The molecule has 2 N–H and O–H groups in total. The van der Waals surface area contributed by atoms with Crippen LogP contribution in [0.5, 0.6) is 0 Å². The quantitative estimate of drug-likeness (QED) is 0.762. The molecule has 0 aromatic carbocycles. The maximum Gasteiger partial charge on any atom is 0.328 e. The largest absolute Gasteiger partial charge is 0.353 e. The zero-order valence-corrected chi connectivity index (χ0v) is 12.5. The van der Waals surface area contributed by atoms with Gasteiger partial charge in [-0.3, -0.25) is 24.0 Å². The second-order valence-electron chi connectivity index (χ2n) is 5.43. The molecular formula is C14H22N4O3. The van der Waals surface area contributed by atoms with Gasteiger partial charge < -0.3 is 5.32 Å². The summed E-state index contributed by atoms with van der Waals surface area (Å²) in [6.07, 6.45) is 3.66. The van der Waals surface area contributed by atoms with Gasteiger partial charge in [0.25, 0.3) is 5.56 Å². The van der Waals surface area contributed by atoms with Crippen molar-refractivity contribution in [2.24, 2.45) is 0 Å². The molecule has 21 heavy (non-hydrogen) atoms. The summed E-state index contributed by atoms with van der Waals surface area (Å²) in [5.74, 6) is -0.216. The summed E-state index contributed by atoms with van der Waals surface area (Å²) < 4.78 is 1.22. The molecule has 1 aromatic rings. The third-order valence-corrected chi connectivity index (χ3v) is 3.94. The Hall–Kier alpha value is -1.89. The number of aryl methyl sites for hydroxylation is 1. The number of H-pyrrole nitrogens is 1. The number of rotatable bonds is 5. The van der Waals surface area contributed by atoms with Crippen molar-refractivity contribution in [2.75, 3.05) is 19.6 Å². The van der Waals surface area contributed by atoms with Crippen LogP contribution in [0.25, 0.3) is 0 Å². The molecule has 1 aliphatic rings. The predicted molar refractivity (Wildman–Crippen MR) is 79.3 cm³/mol. The minimum Gasteiger partial charge on any atom is -0.353 e. The summed E-state index contributed by atoms with van der Waals surface area (Å²) >= 11 is 0. The highest BCUT2D eigenvalue weighted by Crippen LogP contribution is 2.15. The minimum absolute atomic E-state index is 0.0741. The lowest BCUT2D eigenvalue weighted by Gasteiger charge is -2.22. The van der Waals surface area contributed by atoms with Gasteiger partial charge in [0.05, 0.1) is 0 Å². The van der Waals surface area contributed by atoms with Gasteiger partial charge in [-0.1, -0.05) is 6.92 Å². The van der Waals surface area contributed by atoms with Gasteiger partial charge in [-0.05, 0) is 32.9 Å². The summed E-state index contributed by atoms with van der Waals surface area (Å²) in [6.45, 7) is 6.31. The van der Waals surface area contributed by atoms with E-state index in [1.54, 1.807) is 6.92 Å². The van der Waals surface area contributed by atoms with E-state index in [1.807, 2.05) is 0 Å². The zero-order chi connectivity index (χ0) is 15.4. The smallest absolute Gasteiger partial charge is 0.328 e. The molecule has 2 rings (SSSR count). The maximum absolute atomic E-state index is 11.9. The fraction of sp³-hybridized carbons (Fsp3) is 0.643. The fourth-order valence-electron chi connectivity index (χ4n) is 2.72. The first-order valence-corrected chi connectivity index (χ1v) is 7.32. The number of hydrogen-bond acceptors (Lipinski definition) is 4. The highest BCUT2D eigenvalue weighted by atomic mass is 16.2. The Morgan fingerprint density at radius 2 is 2.24 bits per heavy atom. The highest BCUT2D eigenvalue weighted by molar-refractivity contribution is 5.75. The molecular weight excluding hydrogens is 272 g/mol. The third kappa shape index (κ3) is 3.81. The molecule has 1 atom stereocenters. The number of amides is 1. The molecule has 2 heterocycles. The molecule has 1 fully saturated rings. The second kappa shape index (κ2) is 6.71. The van der Waals surface area contributed by atoms with E-state index in [0.717, 1.165) is 25.9 Å². The van der Waals surface area contributed by atoms with E-state index in [2.05, 4.69) is 22.1 Å². The summed E-state index contributed by atoms with van der Waals surface area (Å²) in [7, 11) is 0. The third-order valence-electron chi connectivity index (χ3n) is 3.94. The van der Waals surface area contributed by atoms with Gasteiger partial charge in [-0.2, -0.15) is 0 Å². The second-order valence-corrected chi connectivity index (χ2v) is 5.43. The number of nitrogens with one attached hydrogen (secondary N) is 2. The average Bonchev–Trinajstić information content (AvgIpc) is 2.90. The van der Waals surface area contributed by atoms with Gasteiger partial charge in [0, 0.05) is 24.3 Å². The predicted octanol–water partition coefficient (Wildman–Crippen LogP) is -0.554. The molecule has 0 aliphatic carbocycles. The van der Waals surface area contributed by atoms with Gasteiger partial charge in [-0.15, -0.1) is 0 Å². The van der Waals surface area contributed by atoms with Gasteiger partial charge in [0.2, 0.25) is 5.91 Å². The lowest BCUT2D eigenvalue weighted by molar-refractivity contribution is -0.121. The number of likely N-dealkylation sites (tertiary alicyclic amines) is 1. The summed E-state index contributed by atoms with van der Waals surface area (Å²) in [5.41, 5.74) is -0.562. The van der Waals surface area contributed by atoms with Crippen molar-refractivity contribution in [1.29, 1.82) is 0 Å². The Morgan fingerprint density at radius 3 is 2.95 bits per heavy atom. The van der Waals surface area contributed by atoms with Crippen molar-refractivity contribution in [3.8, 4) is 0 Å². The Balaban J connectivity index is 1.92. The molecule has 7 nitrogen and oxygen atoms in total. The molecule has 0 radical (unpaired) electrons. The van der Waals surface area contributed by atoms with E-state index in [1.165, 1.54) is 10.8 Å². The van der Waals surface area contributed by atoms with Crippen molar-refractivity contribution < 1.29 is 4.79 Å². The Kier molecular flexibility index (Phi) is 4.95. The Bertz CT molecular complexity index is 619. The van der Waals surface area contributed by atoms with Gasteiger partial charge in [0.15, 0.2) is 0 Å². The number of hydrogen-bond donors (Lipinski definition) is 2. The lowest BCUT2D eigenvalue weighted by atomic mass is 10.2. The van der Waals surface area contributed by atoms with Crippen molar-refractivity contribution in [1.82, 2.24) is 19.8 Å². The van der Waals surface area contributed by atoms with Crippen molar-refractivity contribution in [3.05, 3.63) is 32.6 Å². The van der Waals surface area contributed by atoms with Crippen LogP contribution in [-0.2, 0) is 11.3 Å². The van der Waals surface area contributed by atoms with Crippen LogP contribution in [0.1, 0.15) is 25.3 Å². The van der Waals surface area contributed by atoms with Crippen LogP contribution in [0.4, 0.5) is 0 Å². The van der Waals surface area contributed by atoms with Crippen LogP contribution >= 0.6 is 0 Å². The molecule has 1 aliphatic heterocycles. The number of nitrogens with zero attached hydrogens (tertiary/aromatic N) is 2. The van der Waals surface area contributed by atoms with Gasteiger partial charge in [0.1, 0.15) is 6.54 Å².